The number of furan rings is 1. The van der Waals surface area contributed by atoms with E-state index in [-0.39, 0.29) is 36.2 Å². The van der Waals surface area contributed by atoms with Crippen LogP contribution in [0.4, 0.5) is 0 Å². The highest BCUT2D eigenvalue weighted by molar-refractivity contribution is 7.10. The van der Waals surface area contributed by atoms with E-state index in [0.29, 0.717) is 24.7 Å². The molecular weight excluding hydrogens is 440 g/mol. The van der Waals surface area contributed by atoms with Crippen molar-refractivity contribution in [2.24, 2.45) is 0 Å². The Hall–Kier alpha value is -3.26. The number of methoxy groups -OCH3 is 1. The zero-order valence-corrected chi connectivity index (χ0v) is 19.8. The van der Waals surface area contributed by atoms with Crippen LogP contribution in [0, 0.1) is 0 Å². The van der Waals surface area contributed by atoms with Gasteiger partial charge in [-0.1, -0.05) is 6.07 Å². The van der Waals surface area contributed by atoms with Gasteiger partial charge in [-0.15, -0.1) is 11.3 Å². The summed E-state index contributed by atoms with van der Waals surface area (Å²) in [7, 11) is 1.61. The number of amides is 2. The van der Waals surface area contributed by atoms with Crippen LogP contribution in [-0.2, 0) is 11.2 Å². The minimum Gasteiger partial charge on any atom is -0.497 e. The molecule has 0 N–H and O–H groups in total. The van der Waals surface area contributed by atoms with Crippen molar-refractivity contribution in [2.45, 2.75) is 32.4 Å². The number of fused-ring (bicyclic) bond motifs is 1. The quantitative estimate of drug-likeness (QED) is 0.490. The molecule has 1 aliphatic heterocycles. The molecule has 3 heterocycles. The number of ether oxygens (including phenoxy) is 2. The third-order valence-corrected chi connectivity index (χ3v) is 6.78. The Labute approximate surface area is 197 Å². The van der Waals surface area contributed by atoms with Gasteiger partial charge < -0.3 is 23.7 Å². The third kappa shape index (κ3) is 5.06. The smallest absolute Gasteiger partial charge is 0.290 e. The Morgan fingerprint density at radius 2 is 2.03 bits per heavy atom. The molecule has 1 aromatic carbocycles. The van der Waals surface area contributed by atoms with Gasteiger partial charge in [0, 0.05) is 23.5 Å². The monoisotopic (exact) mass is 468 g/mol. The highest BCUT2D eigenvalue weighted by Crippen LogP contribution is 2.34. The zero-order valence-electron chi connectivity index (χ0n) is 19.0. The van der Waals surface area contributed by atoms with Crippen LogP contribution in [-0.4, -0.2) is 54.5 Å². The van der Waals surface area contributed by atoms with Crippen molar-refractivity contribution in [3.63, 3.8) is 0 Å². The van der Waals surface area contributed by atoms with Crippen LogP contribution in [0.1, 0.15) is 40.9 Å². The van der Waals surface area contributed by atoms with Crippen molar-refractivity contribution in [3.8, 4) is 11.5 Å². The SMILES string of the molecule is COc1cccc(OC[C@@H]2c3ccsc3CCN2C(=O)CN(C(=O)c2ccco2)C(C)C)c1. The molecule has 174 valence electrons. The Balaban J connectivity index is 1.52. The van der Waals surface area contributed by atoms with E-state index in [1.165, 1.54) is 11.1 Å². The van der Waals surface area contributed by atoms with E-state index >= 15 is 0 Å². The summed E-state index contributed by atoms with van der Waals surface area (Å²) in [5, 5.41) is 2.05. The molecule has 2 aromatic heterocycles. The molecular formula is C25H28N2O5S. The number of carbonyl (C=O) groups is 2. The number of thiophene rings is 1. The maximum Gasteiger partial charge on any atom is 0.290 e. The van der Waals surface area contributed by atoms with Gasteiger partial charge in [0.15, 0.2) is 5.76 Å². The van der Waals surface area contributed by atoms with Gasteiger partial charge in [-0.05, 0) is 61.5 Å². The summed E-state index contributed by atoms with van der Waals surface area (Å²) in [4.78, 5) is 31.0. The fourth-order valence-corrected chi connectivity index (χ4v) is 4.94. The predicted octanol–water partition coefficient (Wildman–Crippen LogP) is 4.41. The number of hydrogen-bond donors (Lipinski definition) is 0. The van der Waals surface area contributed by atoms with Gasteiger partial charge >= 0.3 is 0 Å². The fraction of sp³-hybridized carbons (Fsp3) is 0.360. The lowest BCUT2D eigenvalue weighted by Gasteiger charge is -2.37. The molecule has 0 fully saturated rings. The molecule has 3 aromatic rings. The summed E-state index contributed by atoms with van der Waals surface area (Å²) in [5.74, 6) is 1.22. The number of benzene rings is 1. The summed E-state index contributed by atoms with van der Waals surface area (Å²) in [5.41, 5.74) is 1.11. The van der Waals surface area contributed by atoms with Crippen LogP contribution in [0.3, 0.4) is 0 Å². The van der Waals surface area contributed by atoms with Crippen molar-refractivity contribution in [1.29, 1.82) is 0 Å². The van der Waals surface area contributed by atoms with Gasteiger partial charge in [0.2, 0.25) is 5.91 Å². The van der Waals surface area contributed by atoms with Crippen molar-refractivity contribution < 1.29 is 23.5 Å². The zero-order chi connectivity index (χ0) is 23.4. The average Bonchev–Trinajstić information content (AvgIpc) is 3.52. The fourth-order valence-electron chi connectivity index (χ4n) is 4.01. The molecule has 0 radical (unpaired) electrons. The molecule has 2 amide bonds. The molecule has 0 bridgehead atoms. The van der Waals surface area contributed by atoms with Crippen LogP contribution in [0.2, 0.25) is 0 Å². The van der Waals surface area contributed by atoms with Gasteiger partial charge in [0.05, 0.1) is 19.4 Å². The topological polar surface area (TPSA) is 72.2 Å². The molecule has 0 saturated heterocycles. The molecule has 0 unspecified atom stereocenters. The molecule has 33 heavy (non-hydrogen) atoms. The van der Waals surface area contributed by atoms with Crippen molar-refractivity contribution in [1.82, 2.24) is 9.80 Å². The predicted molar refractivity (Wildman–Crippen MR) is 126 cm³/mol. The standard InChI is InChI=1S/C25H28N2O5S/c1-17(2)27(25(29)22-8-5-12-31-22)15-24(28)26-11-9-23-20(10-13-33-23)21(26)16-32-19-7-4-6-18(14-19)30-3/h4-8,10,12-14,17,21H,9,11,15-16H2,1-3H3/t21-/m1/s1. The van der Waals surface area contributed by atoms with Crippen LogP contribution < -0.4 is 9.47 Å². The number of carbonyl (C=O) groups excluding carboxylic acids is 2. The largest absolute Gasteiger partial charge is 0.497 e. The second-order valence-corrected chi connectivity index (χ2v) is 9.15. The van der Waals surface area contributed by atoms with E-state index in [0.717, 1.165) is 12.0 Å². The first-order valence-corrected chi connectivity index (χ1v) is 11.8. The van der Waals surface area contributed by atoms with E-state index < -0.39 is 0 Å². The van der Waals surface area contributed by atoms with E-state index in [9.17, 15) is 9.59 Å². The molecule has 1 aliphatic rings. The second kappa shape index (κ2) is 10.1. The summed E-state index contributed by atoms with van der Waals surface area (Å²) in [6, 6.07) is 12.4. The molecule has 0 aliphatic carbocycles. The van der Waals surface area contributed by atoms with E-state index in [2.05, 4.69) is 11.4 Å². The molecule has 8 heteroatoms. The lowest BCUT2D eigenvalue weighted by atomic mass is 10.00. The number of hydrogen-bond acceptors (Lipinski definition) is 6. The lowest BCUT2D eigenvalue weighted by molar-refractivity contribution is -0.136. The van der Waals surface area contributed by atoms with Gasteiger partial charge in [-0.3, -0.25) is 9.59 Å². The average molecular weight is 469 g/mol. The first kappa shape index (κ1) is 22.9. The van der Waals surface area contributed by atoms with Gasteiger partial charge in [-0.25, -0.2) is 0 Å². The van der Waals surface area contributed by atoms with E-state index in [1.807, 2.05) is 43.0 Å². The Morgan fingerprint density at radius 1 is 1.21 bits per heavy atom. The first-order chi connectivity index (χ1) is 16.0. The molecule has 0 saturated carbocycles. The van der Waals surface area contributed by atoms with E-state index in [4.69, 9.17) is 13.9 Å². The Bertz CT molecular complexity index is 1090. The first-order valence-electron chi connectivity index (χ1n) is 10.9. The van der Waals surface area contributed by atoms with Crippen molar-refractivity contribution in [3.05, 3.63) is 70.3 Å². The third-order valence-electron chi connectivity index (χ3n) is 5.79. The van der Waals surface area contributed by atoms with Crippen molar-refractivity contribution >= 4 is 23.2 Å². The van der Waals surface area contributed by atoms with E-state index in [1.54, 1.807) is 35.5 Å². The highest BCUT2D eigenvalue weighted by Gasteiger charge is 2.34. The van der Waals surface area contributed by atoms with Gasteiger partial charge in [0.1, 0.15) is 24.7 Å². The minimum absolute atomic E-state index is 0.0215. The molecule has 0 spiro atoms. The van der Waals surface area contributed by atoms with Crippen LogP contribution in [0.25, 0.3) is 0 Å². The van der Waals surface area contributed by atoms with Crippen LogP contribution >= 0.6 is 11.3 Å². The molecule has 1 atom stereocenters. The summed E-state index contributed by atoms with van der Waals surface area (Å²) in [6.45, 7) is 4.66. The maximum absolute atomic E-state index is 13.5. The van der Waals surface area contributed by atoms with Gasteiger partial charge in [0.25, 0.3) is 5.91 Å². The summed E-state index contributed by atoms with van der Waals surface area (Å²) >= 11 is 1.70. The second-order valence-electron chi connectivity index (χ2n) is 8.15. The highest BCUT2D eigenvalue weighted by atomic mass is 32.1. The molecule has 7 nitrogen and oxygen atoms in total. The van der Waals surface area contributed by atoms with Gasteiger partial charge in [-0.2, -0.15) is 0 Å². The summed E-state index contributed by atoms with van der Waals surface area (Å²) < 4.78 is 16.6. The lowest BCUT2D eigenvalue weighted by Crippen LogP contribution is -2.49. The minimum atomic E-state index is -0.291. The number of rotatable bonds is 8. The maximum atomic E-state index is 13.5. The van der Waals surface area contributed by atoms with Crippen LogP contribution in [0.15, 0.2) is 58.5 Å². The summed E-state index contributed by atoms with van der Waals surface area (Å²) in [6.07, 6.45) is 2.25. The molecule has 4 rings (SSSR count). The van der Waals surface area contributed by atoms with Crippen LogP contribution in [0.5, 0.6) is 11.5 Å². The Morgan fingerprint density at radius 3 is 2.76 bits per heavy atom. The normalized spacial score (nSPS) is 15.3. The number of nitrogens with zero attached hydrogens (tertiary/aromatic N) is 2. The van der Waals surface area contributed by atoms with Crippen molar-refractivity contribution in [2.75, 3.05) is 26.8 Å². The Kier molecular flexibility index (Phi) is 7.03.